The van der Waals surface area contributed by atoms with Gasteiger partial charge in [0, 0.05) is 16.5 Å². The van der Waals surface area contributed by atoms with Crippen LogP contribution in [0.1, 0.15) is 42.0 Å². The van der Waals surface area contributed by atoms with Crippen LogP contribution in [0.15, 0.2) is 18.2 Å². The summed E-state index contributed by atoms with van der Waals surface area (Å²) in [5.41, 5.74) is 1.59. The van der Waals surface area contributed by atoms with Crippen molar-refractivity contribution in [3.05, 3.63) is 44.4 Å². The molecule has 0 aliphatic heterocycles. The second kappa shape index (κ2) is 6.18. The number of aromatic nitrogens is 2. The molecule has 102 valence electrons. The van der Waals surface area contributed by atoms with Crippen molar-refractivity contribution in [1.29, 1.82) is 0 Å². The Labute approximate surface area is 126 Å². The lowest BCUT2D eigenvalue weighted by molar-refractivity contribution is 0.180. The molecule has 2 rings (SSSR count). The minimum Gasteiger partial charge on any atom is -0.387 e. The van der Waals surface area contributed by atoms with Gasteiger partial charge in [0.2, 0.25) is 0 Å². The molecule has 0 amide bonds. The molecular weight excluding hydrogens is 303 g/mol. The van der Waals surface area contributed by atoms with Crippen molar-refractivity contribution < 1.29 is 5.11 Å². The number of hydrogen-bond acceptors (Lipinski definition) is 4. The molecule has 0 aliphatic rings. The summed E-state index contributed by atoms with van der Waals surface area (Å²) in [5.74, 6) is 0.227. The normalized spacial score (nSPS) is 12.9. The molecule has 19 heavy (non-hydrogen) atoms. The maximum atomic E-state index is 10.4. The van der Waals surface area contributed by atoms with Gasteiger partial charge in [0.1, 0.15) is 0 Å². The van der Waals surface area contributed by atoms with Gasteiger partial charge in [-0.3, -0.25) is 0 Å². The fraction of sp³-hybridized carbons (Fsp3) is 0.385. The third-order valence-corrected chi connectivity index (χ3v) is 4.40. The zero-order valence-electron chi connectivity index (χ0n) is 10.6. The molecule has 0 saturated carbocycles. The largest absolute Gasteiger partial charge is 0.387 e. The molecule has 0 bridgehead atoms. The van der Waals surface area contributed by atoms with Crippen LogP contribution in [0.25, 0.3) is 0 Å². The molecule has 1 heterocycles. The number of nitrogens with zero attached hydrogens (tertiary/aromatic N) is 2. The Bertz CT molecular complexity index is 551. The van der Waals surface area contributed by atoms with Crippen LogP contribution in [0, 0.1) is 0 Å². The van der Waals surface area contributed by atoms with Crippen LogP contribution < -0.4 is 0 Å². The summed E-state index contributed by atoms with van der Waals surface area (Å²) in [5, 5.41) is 15.6. The molecule has 2 aromatic rings. The van der Waals surface area contributed by atoms with Crippen molar-refractivity contribution in [2.24, 2.45) is 0 Å². The maximum Gasteiger partial charge on any atom is 0.0958 e. The lowest BCUT2D eigenvalue weighted by atomic mass is 10.0. The molecule has 6 heteroatoms. The predicted octanol–water partition coefficient (Wildman–Crippen LogP) is 4.24. The second-order valence-electron chi connectivity index (χ2n) is 4.60. The van der Waals surface area contributed by atoms with Crippen molar-refractivity contribution in [1.82, 2.24) is 9.59 Å². The Balaban J connectivity index is 2.26. The van der Waals surface area contributed by atoms with E-state index in [0.717, 1.165) is 16.1 Å². The highest BCUT2D eigenvalue weighted by molar-refractivity contribution is 7.05. The van der Waals surface area contributed by atoms with Gasteiger partial charge in [-0.1, -0.05) is 47.6 Å². The Morgan fingerprint density at radius 3 is 2.47 bits per heavy atom. The molecule has 1 N–H and O–H groups in total. The van der Waals surface area contributed by atoms with Crippen molar-refractivity contribution >= 4 is 34.7 Å². The number of aliphatic hydroxyl groups is 1. The molecule has 1 atom stereocenters. The van der Waals surface area contributed by atoms with Crippen molar-refractivity contribution in [2.45, 2.75) is 32.3 Å². The maximum absolute atomic E-state index is 10.4. The minimum atomic E-state index is -0.685. The number of aliphatic hydroxyl groups excluding tert-OH is 1. The topological polar surface area (TPSA) is 46.0 Å². The Kier molecular flexibility index (Phi) is 4.79. The fourth-order valence-corrected chi connectivity index (χ4v) is 3.19. The molecule has 1 aromatic heterocycles. The molecule has 0 saturated heterocycles. The summed E-state index contributed by atoms with van der Waals surface area (Å²) in [6.45, 7) is 4.05. The van der Waals surface area contributed by atoms with Gasteiger partial charge in [-0.05, 0) is 35.1 Å². The minimum absolute atomic E-state index is 0.227. The molecule has 0 fully saturated rings. The first-order valence-electron chi connectivity index (χ1n) is 5.93. The van der Waals surface area contributed by atoms with Crippen LogP contribution in [0.4, 0.5) is 0 Å². The Morgan fingerprint density at radius 1 is 1.26 bits per heavy atom. The Hall–Kier alpha value is -0.680. The first-order chi connectivity index (χ1) is 9.00. The van der Waals surface area contributed by atoms with E-state index < -0.39 is 6.10 Å². The molecule has 0 spiro atoms. The van der Waals surface area contributed by atoms with E-state index in [1.165, 1.54) is 11.5 Å². The first kappa shape index (κ1) is 14.7. The van der Waals surface area contributed by atoms with E-state index >= 15 is 0 Å². The van der Waals surface area contributed by atoms with E-state index in [1.54, 1.807) is 18.2 Å². The van der Waals surface area contributed by atoms with Gasteiger partial charge in [-0.2, -0.15) is 0 Å². The average Bonchev–Trinajstić information content (AvgIpc) is 2.83. The zero-order valence-corrected chi connectivity index (χ0v) is 12.9. The summed E-state index contributed by atoms with van der Waals surface area (Å²) in [6.07, 6.45) is -0.322. The van der Waals surface area contributed by atoms with Crippen molar-refractivity contribution in [3.63, 3.8) is 0 Å². The van der Waals surface area contributed by atoms with Gasteiger partial charge in [0.05, 0.1) is 16.7 Å². The molecule has 0 aliphatic carbocycles. The summed E-state index contributed by atoms with van der Waals surface area (Å²) in [7, 11) is 0. The van der Waals surface area contributed by atoms with E-state index in [0.29, 0.717) is 16.5 Å². The standard InChI is InChI=1S/C13H14Cl2N2OS/c1-7(2)12-13(19-17-16-12)11(18)6-8-9(14)4-3-5-10(8)15/h3-5,7,11,18H,6H2,1-2H3. The SMILES string of the molecule is CC(C)c1nnsc1C(O)Cc1c(Cl)cccc1Cl. The highest BCUT2D eigenvalue weighted by atomic mass is 35.5. The number of rotatable bonds is 4. The lowest BCUT2D eigenvalue weighted by Gasteiger charge is -2.13. The van der Waals surface area contributed by atoms with Gasteiger partial charge in [0.25, 0.3) is 0 Å². The van der Waals surface area contributed by atoms with Gasteiger partial charge in [-0.25, -0.2) is 0 Å². The third kappa shape index (κ3) is 3.26. The summed E-state index contributed by atoms with van der Waals surface area (Å²) in [4.78, 5) is 0.783. The van der Waals surface area contributed by atoms with E-state index in [1.807, 2.05) is 13.8 Å². The first-order valence-corrected chi connectivity index (χ1v) is 7.46. The van der Waals surface area contributed by atoms with Gasteiger partial charge in [0.15, 0.2) is 0 Å². The molecular formula is C13H14Cl2N2OS. The van der Waals surface area contributed by atoms with Crippen LogP contribution in [0.2, 0.25) is 10.0 Å². The monoisotopic (exact) mass is 316 g/mol. The highest BCUT2D eigenvalue weighted by Crippen LogP contribution is 2.32. The number of hydrogen-bond donors (Lipinski definition) is 1. The van der Waals surface area contributed by atoms with Crippen LogP contribution in [0.5, 0.6) is 0 Å². The third-order valence-electron chi connectivity index (χ3n) is 2.85. The van der Waals surface area contributed by atoms with Gasteiger partial charge < -0.3 is 5.11 Å². The summed E-state index contributed by atoms with van der Waals surface area (Å²) in [6, 6.07) is 5.32. The lowest BCUT2D eigenvalue weighted by Crippen LogP contribution is -2.05. The molecule has 3 nitrogen and oxygen atoms in total. The van der Waals surface area contributed by atoms with E-state index in [4.69, 9.17) is 23.2 Å². The number of halogens is 2. The van der Waals surface area contributed by atoms with Crippen molar-refractivity contribution in [2.75, 3.05) is 0 Å². The van der Waals surface area contributed by atoms with Crippen LogP contribution in [0.3, 0.4) is 0 Å². The summed E-state index contributed by atoms with van der Waals surface area (Å²) >= 11 is 13.4. The Morgan fingerprint density at radius 2 is 1.89 bits per heavy atom. The van der Waals surface area contributed by atoms with Crippen LogP contribution in [-0.4, -0.2) is 14.7 Å². The quantitative estimate of drug-likeness (QED) is 0.917. The smallest absolute Gasteiger partial charge is 0.0958 e. The van der Waals surface area contributed by atoms with Crippen molar-refractivity contribution in [3.8, 4) is 0 Å². The van der Waals surface area contributed by atoms with E-state index in [9.17, 15) is 5.11 Å². The molecule has 0 radical (unpaired) electrons. The summed E-state index contributed by atoms with van der Waals surface area (Å²) < 4.78 is 3.92. The highest BCUT2D eigenvalue weighted by Gasteiger charge is 2.21. The van der Waals surface area contributed by atoms with Gasteiger partial charge >= 0.3 is 0 Å². The zero-order chi connectivity index (χ0) is 14.0. The average molecular weight is 317 g/mol. The van der Waals surface area contributed by atoms with Gasteiger partial charge in [-0.15, -0.1) is 5.10 Å². The second-order valence-corrected chi connectivity index (χ2v) is 6.20. The molecule has 1 aromatic carbocycles. The van der Waals surface area contributed by atoms with Crippen LogP contribution >= 0.6 is 34.7 Å². The predicted molar refractivity (Wildman–Crippen MR) is 79.1 cm³/mol. The fourth-order valence-electron chi connectivity index (χ4n) is 1.85. The molecule has 1 unspecified atom stereocenters. The van der Waals surface area contributed by atoms with Crippen LogP contribution in [-0.2, 0) is 6.42 Å². The van der Waals surface area contributed by atoms with E-state index in [2.05, 4.69) is 9.59 Å². The van der Waals surface area contributed by atoms with E-state index in [-0.39, 0.29) is 5.92 Å². The number of benzene rings is 1.